The van der Waals surface area contributed by atoms with E-state index in [9.17, 15) is 14.3 Å². The minimum atomic E-state index is -1.00. The average molecular weight is 343 g/mol. The van der Waals surface area contributed by atoms with Crippen molar-refractivity contribution in [3.8, 4) is 0 Å². The van der Waals surface area contributed by atoms with Gasteiger partial charge in [-0.2, -0.15) is 0 Å². The van der Waals surface area contributed by atoms with Gasteiger partial charge in [0.1, 0.15) is 5.82 Å². The van der Waals surface area contributed by atoms with Crippen LogP contribution in [0, 0.1) is 5.82 Å². The van der Waals surface area contributed by atoms with E-state index in [1.165, 1.54) is 23.8 Å². The quantitative estimate of drug-likeness (QED) is 0.908. The number of rotatable bonds is 5. The molecule has 0 saturated carbocycles. The number of hydrogen-bond acceptors (Lipinski definition) is 3. The summed E-state index contributed by atoms with van der Waals surface area (Å²) >= 11 is 0. The minimum absolute atomic E-state index is 0.0496. The molecule has 1 aliphatic heterocycles. The number of aliphatic hydroxyl groups is 1. The summed E-state index contributed by atoms with van der Waals surface area (Å²) in [4.78, 5) is 14.2. The van der Waals surface area contributed by atoms with Gasteiger partial charge < -0.3 is 14.7 Å². The van der Waals surface area contributed by atoms with Gasteiger partial charge in [0.2, 0.25) is 5.91 Å². The van der Waals surface area contributed by atoms with Gasteiger partial charge in [-0.15, -0.1) is 0 Å². The summed E-state index contributed by atoms with van der Waals surface area (Å²) in [6, 6.07) is 15.7. The molecule has 2 aromatic carbocycles. The molecule has 1 heterocycles. The number of amides is 1. The van der Waals surface area contributed by atoms with Crippen LogP contribution in [0.3, 0.4) is 0 Å². The number of benzene rings is 2. The molecule has 1 saturated heterocycles. The highest BCUT2D eigenvalue weighted by atomic mass is 19.1. The SMILES string of the molecule is O=C(CC(O)c1cccc(F)c1)N1CCOC(Cc2ccccc2)C1. The summed E-state index contributed by atoms with van der Waals surface area (Å²) in [5.74, 6) is -0.559. The molecule has 2 aromatic rings. The van der Waals surface area contributed by atoms with Gasteiger partial charge in [-0.25, -0.2) is 4.39 Å². The van der Waals surface area contributed by atoms with Crippen molar-refractivity contribution in [2.24, 2.45) is 0 Å². The van der Waals surface area contributed by atoms with Gasteiger partial charge in [-0.1, -0.05) is 42.5 Å². The fraction of sp³-hybridized carbons (Fsp3) is 0.350. The molecule has 0 aromatic heterocycles. The Bertz CT molecular complexity index is 707. The van der Waals surface area contributed by atoms with E-state index in [-0.39, 0.29) is 18.4 Å². The Hall–Kier alpha value is -2.24. The van der Waals surface area contributed by atoms with Crippen LogP contribution in [-0.4, -0.2) is 41.7 Å². The molecule has 0 bridgehead atoms. The van der Waals surface area contributed by atoms with E-state index in [4.69, 9.17) is 4.74 Å². The lowest BCUT2D eigenvalue weighted by molar-refractivity contribution is -0.140. The van der Waals surface area contributed by atoms with Gasteiger partial charge in [0, 0.05) is 19.5 Å². The second-order valence-electron chi connectivity index (χ2n) is 6.30. The van der Waals surface area contributed by atoms with Crippen LogP contribution in [0.15, 0.2) is 54.6 Å². The molecular formula is C20H22FNO3. The number of morpholine rings is 1. The van der Waals surface area contributed by atoms with Gasteiger partial charge in [0.25, 0.3) is 0 Å². The van der Waals surface area contributed by atoms with Gasteiger partial charge >= 0.3 is 0 Å². The largest absolute Gasteiger partial charge is 0.388 e. The molecule has 25 heavy (non-hydrogen) atoms. The molecule has 2 atom stereocenters. The summed E-state index contributed by atoms with van der Waals surface area (Å²) in [5.41, 5.74) is 1.59. The fourth-order valence-corrected chi connectivity index (χ4v) is 3.07. The van der Waals surface area contributed by atoms with Crippen molar-refractivity contribution < 1.29 is 19.0 Å². The lowest BCUT2D eigenvalue weighted by atomic mass is 10.0. The van der Waals surface area contributed by atoms with Crippen LogP contribution in [-0.2, 0) is 16.0 Å². The smallest absolute Gasteiger partial charge is 0.225 e. The first kappa shape index (κ1) is 17.6. The van der Waals surface area contributed by atoms with E-state index in [0.717, 1.165) is 6.42 Å². The minimum Gasteiger partial charge on any atom is -0.388 e. The van der Waals surface area contributed by atoms with Crippen molar-refractivity contribution in [1.29, 1.82) is 0 Å². The average Bonchev–Trinajstić information content (AvgIpc) is 2.63. The predicted molar refractivity (Wildman–Crippen MR) is 92.4 cm³/mol. The number of aliphatic hydroxyl groups excluding tert-OH is 1. The van der Waals surface area contributed by atoms with Gasteiger partial charge in [-0.05, 0) is 23.3 Å². The van der Waals surface area contributed by atoms with E-state index in [2.05, 4.69) is 0 Å². The third kappa shape index (κ3) is 4.87. The molecule has 0 radical (unpaired) electrons. The summed E-state index contributed by atoms with van der Waals surface area (Å²) in [6.07, 6.45) is -0.358. The summed E-state index contributed by atoms with van der Waals surface area (Å²) in [6.45, 7) is 1.50. The van der Waals surface area contributed by atoms with E-state index in [0.29, 0.717) is 25.3 Å². The summed E-state index contributed by atoms with van der Waals surface area (Å²) in [7, 11) is 0. The Morgan fingerprint density at radius 2 is 2.04 bits per heavy atom. The number of hydrogen-bond donors (Lipinski definition) is 1. The molecular weight excluding hydrogens is 321 g/mol. The number of nitrogens with zero attached hydrogens (tertiary/aromatic N) is 1. The van der Waals surface area contributed by atoms with Crippen LogP contribution < -0.4 is 0 Å². The zero-order valence-electron chi connectivity index (χ0n) is 14.0. The first-order valence-electron chi connectivity index (χ1n) is 8.48. The van der Waals surface area contributed by atoms with Crippen LogP contribution in [0.2, 0.25) is 0 Å². The normalized spacial score (nSPS) is 18.8. The number of ether oxygens (including phenoxy) is 1. The summed E-state index contributed by atoms with van der Waals surface area (Å²) in [5, 5.41) is 10.2. The number of halogens is 1. The Morgan fingerprint density at radius 1 is 1.24 bits per heavy atom. The Kier molecular flexibility index (Phi) is 5.79. The lowest BCUT2D eigenvalue weighted by Gasteiger charge is -2.33. The monoisotopic (exact) mass is 343 g/mol. The molecule has 1 aliphatic rings. The van der Waals surface area contributed by atoms with E-state index in [1.807, 2.05) is 30.3 Å². The lowest BCUT2D eigenvalue weighted by Crippen LogP contribution is -2.46. The van der Waals surface area contributed by atoms with Crippen LogP contribution in [0.25, 0.3) is 0 Å². The van der Waals surface area contributed by atoms with Crippen molar-refractivity contribution in [2.45, 2.75) is 25.0 Å². The van der Waals surface area contributed by atoms with E-state index < -0.39 is 11.9 Å². The van der Waals surface area contributed by atoms with E-state index in [1.54, 1.807) is 11.0 Å². The van der Waals surface area contributed by atoms with Crippen molar-refractivity contribution >= 4 is 5.91 Å². The summed E-state index contributed by atoms with van der Waals surface area (Å²) < 4.78 is 19.0. The maximum Gasteiger partial charge on any atom is 0.225 e. The molecule has 4 nitrogen and oxygen atoms in total. The van der Waals surface area contributed by atoms with Crippen molar-refractivity contribution in [3.63, 3.8) is 0 Å². The van der Waals surface area contributed by atoms with E-state index >= 15 is 0 Å². The van der Waals surface area contributed by atoms with Crippen LogP contribution in [0.4, 0.5) is 4.39 Å². The highest BCUT2D eigenvalue weighted by Gasteiger charge is 2.26. The molecule has 3 rings (SSSR count). The van der Waals surface area contributed by atoms with Crippen molar-refractivity contribution in [2.75, 3.05) is 19.7 Å². The Balaban J connectivity index is 1.56. The number of carbonyl (C=O) groups excluding carboxylic acids is 1. The first-order valence-corrected chi connectivity index (χ1v) is 8.48. The zero-order chi connectivity index (χ0) is 17.6. The fourth-order valence-electron chi connectivity index (χ4n) is 3.07. The zero-order valence-corrected chi connectivity index (χ0v) is 14.0. The van der Waals surface area contributed by atoms with Crippen LogP contribution in [0.1, 0.15) is 23.7 Å². The number of carbonyl (C=O) groups is 1. The molecule has 1 fully saturated rings. The Labute approximate surface area is 146 Å². The van der Waals surface area contributed by atoms with Gasteiger partial charge in [-0.3, -0.25) is 4.79 Å². The molecule has 0 aliphatic carbocycles. The third-order valence-electron chi connectivity index (χ3n) is 4.40. The highest BCUT2D eigenvalue weighted by Crippen LogP contribution is 2.20. The Morgan fingerprint density at radius 3 is 2.80 bits per heavy atom. The molecule has 0 spiro atoms. The van der Waals surface area contributed by atoms with Crippen molar-refractivity contribution in [3.05, 3.63) is 71.5 Å². The standard InChI is InChI=1S/C20H22FNO3/c21-17-8-4-7-16(12-17)19(23)13-20(24)22-9-10-25-18(14-22)11-15-5-2-1-3-6-15/h1-8,12,18-19,23H,9-11,13-14H2. The molecule has 1 N–H and O–H groups in total. The molecule has 1 amide bonds. The van der Waals surface area contributed by atoms with Gasteiger partial charge in [0.15, 0.2) is 0 Å². The second kappa shape index (κ2) is 8.23. The molecule has 5 heteroatoms. The molecule has 2 unspecified atom stereocenters. The van der Waals surface area contributed by atoms with Crippen LogP contribution >= 0.6 is 0 Å². The van der Waals surface area contributed by atoms with Gasteiger partial charge in [0.05, 0.1) is 25.2 Å². The molecule has 132 valence electrons. The maximum atomic E-state index is 13.3. The maximum absolute atomic E-state index is 13.3. The highest BCUT2D eigenvalue weighted by molar-refractivity contribution is 5.77. The predicted octanol–water partition coefficient (Wildman–Crippen LogP) is 2.72. The third-order valence-corrected chi connectivity index (χ3v) is 4.40. The second-order valence-corrected chi connectivity index (χ2v) is 6.30. The van der Waals surface area contributed by atoms with Crippen LogP contribution in [0.5, 0.6) is 0 Å². The first-order chi connectivity index (χ1) is 12.1. The topological polar surface area (TPSA) is 49.8 Å². The van der Waals surface area contributed by atoms with Crippen molar-refractivity contribution in [1.82, 2.24) is 4.90 Å².